The molecular formula is C47H58Cl2Si2Zr. The zero-order valence-electron chi connectivity index (χ0n) is 33.0. The summed E-state index contributed by atoms with van der Waals surface area (Å²) < 4.78 is 0. The van der Waals surface area contributed by atoms with E-state index in [4.69, 9.17) is 17.0 Å². The van der Waals surface area contributed by atoms with Crippen molar-refractivity contribution < 1.29 is 20.8 Å². The molecule has 52 heavy (non-hydrogen) atoms. The van der Waals surface area contributed by atoms with Gasteiger partial charge in [0.25, 0.3) is 0 Å². The van der Waals surface area contributed by atoms with Crippen molar-refractivity contribution in [2.45, 2.75) is 110 Å². The molecule has 1 aliphatic carbocycles. The van der Waals surface area contributed by atoms with Crippen molar-refractivity contribution in [3.63, 3.8) is 0 Å². The van der Waals surface area contributed by atoms with Gasteiger partial charge in [-0.05, 0) is 47.3 Å². The zero-order valence-corrected chi connectivity index (χ0v) is 38.9. The fourth-order valence-corrected chi connectivity index (χ4v) is 8.40. The van der Waals surface area contributed by atoms with Gasteiger partial charge in [-0.15, -0.1) is 69.1 Å². The normalized spacial score (nSPS) is 13.3. The third kappa shape index (κ3) is 11.5. The predicted molar refractivity (Wildman–Crippen MR) is 236 cm³/mol. The predicted octanol–water partition coefficient (Wildman–Crippen LogP) is 15.1. The number of fused-ring (bicyclic) bond motifs is 2. The molecular weight excluding hydrogens is 783 g/mol. The third-order valence-corrected chi connectivity index (χ3v) is 12.3. The van der Waals surface area contributed by atoms with Crippen molar-refractivity contribution in [3.8, 4) is 22.3 Å². The summed E-state index contributed by atoms with van der Waals surface area (Å²) >= 11 is -0.826. The summed E-state index contributed by atoms with van der Waals surface area (Å²) in [6.45, 7) is 20.5. The Labute approximate surface area is 338 Å². The monoisotopic (exact) mass is 838 g/mol. The number of hydrogen-bond donors (Lipinski definition) is 0. The quantitative estimate of drug-likeness (QED) is 0.120. The van der Waals surface area contributed by atoms with Gasteiger partial charge in [0.1, 0.15) is 0 Å². The van der Waals surface area contributed by atoms with E-state index in [9.17, 15) is 0 Å². The van der Waals surface area contributed by atoms with E-state index >= 15 is 0 Å². The van der Waals surface area contributed by atoms with Gasteiger partial charge < -0.3 is 0 Å². The summed E-state index contributed by atoms with van der Waals surface area (Å²) in [7, 11) is 9.74. The Morgan fingerprint density at radius 2 is 1.19 bits per heavy atom. The average Bonchev–Trinajstić information content (AvgIpc) is 3.77. The first kappa shape index (κ1) is 42.7. The van der Waals surface area contributed by atoms with Gasteiger partial charge in [-0.3, -0.25) is 0 Å². The van der Waals surface area contributed by atoms with Crippen molar-refractivity contribution in [1.82, 2.24) is 0 Å². The van der Waals surface area contributed by atoms with Gasteiger partial charge in [-0.1, -0.05) is 157 Å². The number of halogens is 2. The van der Waals surface area contributed by atoms with Crippen molar-refractivity contribution in [2.75, 3.05) is 0 Å². The number of hydrogen-bond acceptors (Lipinski definition) is 0. The topological polar surface area (TPSA) is 0 Å². The maximum absolute atomic E-state index is 4.93. The summed E-state index contributed by atoms with van der Waals surface area (Å²) in [5.74, 6) is 0.775. The van der Waals surface area contributed by atoms with Crippen LogP contribution in [0.3, 0.4) is 0 Å². The average molecular weight is 841 g/mol. The van der Waals surface area contributed by atoms with Crippen molar-refractivity contribution in [1.29, 1.82) is 0 Å². The first-order valence-corrected chi connectivity index (χ1v) is 30.8. The van der Waals surface area contributed by atoms with Gasteiger partial charge in [0.05, 0.1) is 8.07 Å². The minimum absolute atomic E-state index is 0.207. The van der Waals surface area contributed by atoms with Gasteiger partial charge in [-0.25, -0.2) is 0 Å². The Hall–Kier alpha value is -2.00. The Balaban J connectivity index is 0.000000205. The van der Waals surface area contributed by atoms with Crippen molar-refractivity contribution in [2.24, 2.45) is 0 Å². The summed E-state index contributed by atoms with van der Waals surface area (Å²) in [6.07, 6.45) is 8.04. The molecule has 1 saturated carbocycles. The molecule has 6 aromatic carbocycles. The fourth-order valence-electron chi connectivity index (χ4n) is 7.23. The molecule has 1 aliphatic rings. The molecule has 5 heteroatoms. The van der Waals surface area contributed by atoms with E-state index in [0.29, 0.717) is 0 Å². The van der Waals surface area contributed by atoms with Gasteiger partial charge in [0, 0.05) is 9.52 Å². The Morgan fingerprint density at radius 1 is 0.712 bits per heavy atom. The summed E-state index contributed by atoms with van der Waals surface area (Å²) in [6, 6.07) is 41.4. The third-order valence-electron chi connectivity index (χ3n) is 10.2. The molecule has 0 saturated heterocycles. The van der Waals surface area contributed by atoms with Crippen LogP contribution in [0.4, 0.5) is 0 Å². The van der Waals surface area contributed by atoms with E-state index in [1.807, 2.05) is 0 Å². The molecule has 0 nitrogen and oxygen atoms in total. The van der Waals surface area contributed by atoms with E-state index in [2.05, 4.69) is 170 Å². The van der Waals surface area contributed by atoms with E-state index in [1.54, 1.807) is 5.56 Å². The maximum atomic E-state index is 4.93. The van der Waals surface area contributed by atoms with Crippen LogP contribution in [0.1, 0.15) is 82.4 Å². The molecule has 0 amide bonds. The molecule has 6 aromatic rings. The molecule has 0 N–H and O–H groups in total. The Bertz CT molecular complexity index is 1950. The number of benzene rings is 4. The molecule has 0 heterocycles. The summed E-state index contributed by atoms with van der Waals surface area (Å²) in [5.41, 5.74) is 9.99. The standard InChI is InChI=1S/C25H29.C20H23Si.C2H6Si.2ClH.Zr/c1-25(2,3)22-14-12-19(13-15-22)23-11-7-10-20-16-21(17-24(20)23)18-8-5-4-6-9-18;1-5-15-13-17-7-6-8-19(20(17)14-15)16-9-11-18(12-10-16)21(2,3)4;1-3-2;;;/h7,10-18H,4-6,8-9H2,1-3H3;6-14H,5H2,1-4H3;1-2H3;2*1H;/q2*-1;;;;+4/p-2. The van der Waals surface area contributed by atoms with Crippen LogP contribution in [0.2, 0.25) is 32.7 Å². The van der Waals surface area contributed by atoms with Crippen LogP contribution in [0.15, 0.2) is 109 Å². The summed E-state index contributed by atoms with van der Waals surface area (Å²) in [5, 5.41) is 7.09. The summed E-state index contributed by atoms with van der Waals surface area (Å²) in [4.78, 5) is 0. The Kier molecular flexibility index (Phi) is 16.5. The molecule has 272 valence electrons. The molecule has 2 radical (unpaired) electrons. The van der Waals surface area contributed by atoms with Crippen LogP contribution < -0.4 is 5.19 Å². The zero-order chi connectivity index (χ0) is 37.9. The van der Waals surface area contributed by atoms with Crippen LogP contribution >= 0.6 is 17.0 Å². The van der Waals surface area contributed by atoms with Gasteiger partial charge >= 0.3 is 37.9 Å². The van der Waals surface area contributed by atoms with Crippen LogP contribution in [0, 0.1) is 0 Å². The van der Waals surface area contributed by atoms with E-state index in [-0.39, 0.29) is 5.41 Å². The van der Waals surface area contributed by atoms with Gasteiger partial charge in [0.2, 0.25) is 0 Å². The van der Waals surface area contributed by atoms with Gasteiger partial charge in [0.15, 0.2) is 0 Å². The second-order valence-electron chi connectivity index (χ2n) is 16.2. The van der Waals surface area contributed by atoms with Crippen molar-refractivity contribution >= 4 is 61.4 Å². The van der Waals surface area contributed by atoms with Gasteiger partial charge in [-0.2, -0.15) is 12.1 Å². The van der Waals surface area contributed by atoms with Crippen LogP contribution in [-0.4, -0.2) is 17.6 Å². The minimum atomic E-state index is -1.21. The molecule has 0 atom stereocenters. The van der Waals surface area contributed by atoms with E-state index in [0.717, 1.165) is 21.9 Å². The Morgan fingerprint density at radius 3 is 1.67 bits per heavy atom. The molecule has 0 bridgehead atoms. The SMILES string of the molecule is CC(C)(C)c1ccc(-c2cccc3[cH-]c(C4CCCCC4)cc23)cc1.CCc1cc2c(-c3ccc([Si](C)(C)C)cc3)cccc2[cH-]1.C[Si]C.[Cl][Zr+2][Cl]. The van der Waals surface area contributed by atoms with Crippen LogP contribution in [-0.2, 0) is 32.7 Å². The number of rotatable bonds is 5. The molecule has 0 aliphatic heterocycles. The van der Waals surface area contributed by atoms with E-state index < -0.39 is 28.9 Å². The molecule has 7 rings (SSSR count). The first-order chi connectivity index (χ1) is 24.8. The second-order valence-corrected chi connectivity index (χ2v) is 26.0. The molecule has 0 unspecified atom stereocenters. The van der Waals surface area contributed by atoms with Crippen LogP contribution in [0.25, 0.3) is 43.8 Å². The molecule has 0 spiro atoms. The number of aryl methyl sites for hydroxylation is 1. The second kappa shape index (κ2) is 20.1. The first-order valence-electron chi connectivity index (χ1n) is 19.0. The molecule has 1 fully saturated rings. The fraction of sp³-hybridized carbons (Fsp3) is 0.362. The molecule has 0 aromatic heterocycles. The van der Waals surface area contributed by atoms with Crippen LogP contribution in [0.5, 0.6) is 0 Å². The van der Waals surface area contributed by atoms with E-state index in [1.165, 1.54) is 92.2 Å². The van der Waals surface area contributed by atoms with Crippen molar-refractivity contribution in [3.05, 3.63) is 126 Å².